The fourth-order valence-corrected chi connectivity index (χ4v) is 2.74. The second kappa shape index (κ2) is 7.22. The van der Waals surface area contributed by atoms with E-state index in [1.165, 1.54) is 7.11 Å². The van der Waals surface area contributed by atoms with Crippen LogP contribution < -0.4 is 5.73 Å². The summed E-state index contributed by atoms with van der Waals surface area (Å²) >= 11 is 0. The van der Waals surface area contributed by atoms with Gasteiger partial charge in [-0.15, -0.1) is 0 Å². The number of hydrogen-bond donors (Lipinski definition) is 1. The zero-order chi connectivity index (χ0) is 15.2. The lowest BCUT2D eigenvalue weighted by Gasteiger charge is -2.35. The second-order valence-electron chi connectivity index (χ2n) is 5.36. The Kier molecular flexibility index (Phi) is 5.33. The molecule has 5 heteroatoms. The van der Waals surface area contributed by atoms with Crippen LogP contribution in [0.25, 0.3) is 0 Å². The molecular weight excluding hydrogens is 268 g/mol. The first-order valence-corrected chi connectivity index (χ1v) is 7.31. The van der Waals surface area contributed by atoms with E-state index >= 15 is 0 Å². The molecule has 0 saturated carbocycles. The fraction of sp³-hybridized carbons (Fsp3) is 0.500. The minimum Gasteiger partial charge on any atom is -0.467 e. The van der Waals surface area contributed by atoms with Crippen LogP contribution in [0, 0.1) is 0 Å². The molecule has 114 valence electrons. The summed E-state index contributed by atoms with van der Waals surface area (Å²) in [5.74, 6) is -0.524. The Morgan fingerprint density at radius 1 is 1.33 bits per heavy atom. The molecule has 0 aliphatic carbocycles. The molecule has 1 fully saturated rings. The molecule has 1 heterocycles. The minimum atomic E-state index is -0.627. The number of methoxy groups -OCH3 is 1. The molecule has 1 aromatic rings. The van der Waals surface area contributed by atoms with Crippen LogP contribution in [-0.2, 0) is 20.7 Å². The van der Waals surface area contributed by atoms with Crippen LogP contribution in [-0.4, -0.2) is 42.5 Å². The SMILES string of the molecule is COC(=O)C1CCCCN1C(=O)C(N)Cc1ccccc1. The van der Waals surface area contributed by atoms with E-state index in [4.69, 9.17) is 10.5 Å². The zero-order valence-corrected chi connectivity index (χ0v) is 12.3. The summed E-state index contributed by atoms with van der Waals surface area (Å²) in [6.07, 6.45) is 2.95. The van der Waals surface area contributed by atoms with Gasteiger partial charge in [-0.1, -0.05) is 30.3 Å². The predicted molar refractivity (Wildman–Crippen MR) is 79.5 cm³/mol. The molecule has 1 aromatic carbocycles. The smallest absolute Gasteiger partial charge is 0.328 e. The van der Waals surface area contributed by atoms with Crippen molar-refractivity contribution in [1.82, 2.24) is 4.90 Å². The van der Waals surface area contributed by atoms with Gasteiger partial charge in [0.1, 0.15) is 6.04 Å². The maximum absolute atomic E-state index is 12.5. The maximum atomic E-state index is 12.5. The number of carbonyl (C=O) groups is 2. The normalized spacial score (nSPS) is 19.9. The highest BCUT2D eigenvalue weighted by Gasteiger charge is 2.34. The highest BCUT2D eigenvalue weighted by atomic mass is 16.5. The largest absolute Gasteiger partial charge is 0.467 e. The fourth-order valence-electron chi connectivity index (χ4n) is 2.74. The molecule has 2 unspecified atom stereocenters. The quantitative estimate of drug-likeness (QED) is 0.843. The lowest BCUT2D eigenvalue weighted by atomic mass is 9.99. The topological polar surface area (TPSA) is 72.6 Å². The number of rotatable bonds is 4. The van der Waals surface area contributed by atoms with Crippen LogP contribution in [0.4, 0.5) is 0 Å². The Hall–Kier alpha value is -1.88. The van der Waals surface area contributed by atoms with E-state index in [1.807, 2.05) is 30.3 Å². The van der Waals surface area contributed by atoms with Gasteiger partial charge >= 0.3 is 5.97 Å². The summed E-state index contributed by atoms with van der Waals surface area (Å²) in [6, 6.07) is 8.54. The van der Waals surface area contributed by atoms with Crippen molar-refractivity contribution in [1.29, 1.82) is 0 Å². The average Bonchev–Trinajstić information content (AvgIpc) is 2.54. The number of esters is 1. The number of ether oxygens (including phenoxy) is 1. The van der Waals surface area contributed by atoms with Gasteiger partial charge in [-0.05, 0) is 31.2 Å². The van der Waals surface area contributed by atoms with Gasteiger partial charge in [0, 0.05) is 6.54 Å². The van der Waals surface area contributed by atoms with Crippen molar-refractivity contribution in [3.8, 4) is 0 Å². The van der Waals surface area contributed by atoms with E-state index in [2.05, 4.69) is 0 Å². The highest BCUT2D eigenvalue weighted by Crippen LogP contribution is 2.19. The third-order valence-corrected chi connectivity index (χ3v) is 3.87. The molecule has 1 aliphatic heterocycles. The van der Waals surface area contributed by atoms with Crippen molar-refractivity contribution in [2.75, 3.05) is 13.7 Å². The molecule has 21 heavy (non-hydrogen) atoms. The van der Waals surface area contributed by atoms with Crippen LogP contribution in [0.5, 0.6) is 0 Å². The second-order valence-corrected chi connectivity index (χ2v) is 5.36. The van der Waals surface area contributed by atoms with Crippen LogP contribution in [0.1, 0.15) is 24.8 Å². The van der Waals surface area contributed by atoms with Gasteiger partial charge < -0.3 is 15.4 Å². The molecule has 2 N–H and O–H groups in total. The minimum absolute atomic E-state index is 0.172. The monoisotopic (exact) mass is 290 g/mol. The third-order valence-electron chi connectivity index (χ3n) is 3.87. The summed E-state index contributed by atoms with van der Waals surface area (Å²) in [5.41, 5.74) is 7.06. The van der Waals surface area contributed by atoms with Gasteiger partial charge in [0.05, 0.1) is 13.2 Å². The van der Waals surface area contributed by atoms with Crippen molar-refractivity contribution in [3.63, 3.8) is 0 Å². The number of nitrogens with zero attached hydrogens (tertiary/aromatic N) is 1. The summed E-state index contributed by atoms with van der Waals surface area (Å²) in [6.45, 7) is 0.571. The van der Waals surface area contributed by atoms with E-state index in [0.717, 1.165) is 18.4 Å². The first-order chi connectivity index (χ1) is 10.1. The standard InChI is InChI=1S/C16H22N2O3/c1-21-16(20)14-9-5-6-10-18(14)15(19)13(17)11-12-7-3-2-4-8-12/h2-4,7-8,13-14H,5-6,9-11,17H2,1H3. The van der Waals surface area contributed by atoms with Gasteiger partial charge in [-0.3, -0.25) is 4.79 Å². The third kappa shape index (κ3) is 3.82. The lowest BCUT2D eigenvalue weighted by molar-refractivity contribution is -0.155. The Labute approximate surface area is 125 Å². The van der Waals surface area contributed by atoms with E-state index in [1.54, 1.807) is 4.90 Å². The zero-order valence-electron chi connectivity index (χ0n) is 12.3. The number of carbonyl (C=O) groups excluding carboxylic acids is 2. The van der Waals surface area contributed by atoms with Gasteiger partial charge in [0.2, 0.25) is 5.91 Å². The van der Waals surface area contributed by atoms with E-state index in [0.29, 0.717) is 19.4 Å². The number of hydrogen-bond acceptors (Lipinski definition) is 4. The summed E-state index contributed by atoms with van der Waals surface area (Å²) in [5, 5.41) is 0. The molecule has 2 atom stereocenters. The van der Waals surface area contributed by atoms with Crippen molar-refractivity contribution in [3.05, 3.63) is 35.9 Å². The lowest BCUT2D eigenvalue weighted by Crippen LogP contribution is -2.54. The molecule has 0 radical (unpaired) electrons. The summed E-state index contributed by atoms with van der Waals surface area (Å²) in [4.78, 5) is 25.9. The number of benzene rings is 1. The van der Waals surface area contributed by atoms with Crippen molar-refractivity contribution < 1.29 is 14.3 Å². The van der Waals surface area contributed by atoms with Crippen LogP contribution in [0.2, 0.25) is 0 Å². The van der Waals surface area contributed by atoms with Gasteiger partial charge in [-0.2, -0.15) is 0 Å². The first-order valence-electron chi connectivity index (χ1n) is 7.31. The van der Waals surface area contributed by atoms with E-state index in [9.17, 15) is 9.59 Å². The number of likely N-dealkylation sites (tertiary alicyclic amines) is 1. The van der Waals surface area contributed by atoms with Gasteiger partial charge in [0.15, 0.2) is 0 Å². The Bertz CT molecular complexity index is 490. The summed E-state index contributed by atoms with van der Waals surface area (Å²) < 4.78 is 4.79. The molecule has 5 nitrogen and oxygen atoms in total. The molecule has 1 saturated heterocycles. The Balaban J connectivity index is 2.04. The molecule has 0 bridgehead atoms. The summed E-state index contributed by atoms with van der Waals surface area (Å²) in [7, 11) is 1.35. The Morgan fingerprint density at radius 3 is 2.71 bits per heavy atom. The van der Waals surface area contributed by atoms with Gasteiger partial charge in [-0.25, -0.2) is 4.79 Å². The van der Waals surface area contributed by atoms with Crippen molar-refractivity contribution in [2.45, 2.75) is 37.8 Å². The van der Waals surface area contributed by atoms with Crippen LogP contribution in [0.15, 0.2) is 30.3 Å². The molecule has 0 spiro atoms. The van der Waals surface area contributed by atoms with Crippen LogP contribution >= 0.6 is 0 Å². The van der Waals surface area contributed by atoms with E-state index in [-0.39, 0.29) is 11.9 Å². The highest BCUT2D eigenvalue weighted by molar-refractivity contribution is 5.87. The molecule has 2 rings (SSSR count). The molecule has 1 amide bonds. The predicted octanol–water partition coefficient (Wildman–Crippen LogP) is 1.11. The molecule has 1 aliphatic rings. The number of nitrogens with two attached hydrogens (primary N) is 1. The average molecular weight is 290 g/mol. The van der Waals surface area contributed by atoms with Crippen LogP contribution in [0.3, 0.4) is 0 Å². The Morgan fingerprint density at radius 2 is 2.05 bits per heavy atom. The molecule has 0 aromatic heterocycles. The number of piperidine rings is 1. The first kappa shape index (κ1) is 15.5. The van der Waals surface area contributed by atoms with Crippen molar-refractivity contribution in [2.24, 2.45) is 5.73 Å². The molecular formula is C16H22N2O3. The van der Waals surface area contributed by atoms with Gasteiger partial charge in [0.25, 0.3) is 0 Å². The maximum Gasteiger partial charge on any atom is 0.328 e. The van der Waals surface area contributed by atoms with Crippen molar-refractivity contribution >= 4 is 11.9 Å². The van der Waals surface area contributed by atoms with E-state index < -0.39 is 12.1 Å². The number of amides is 1.